The summed E-state index contributed by atoms with van der Waals surface area (Å²) in [5.74, 6) is -12.9. The van der Waals surface area contributed by atoms with Crippen LogP contribution < -0.4 is 47.9 Å². The lowest BCUT2D eigenvalue weighted by Gasteiger charge is -2.32. The Balaban J connectivity index is 4.03. The average molecular weight is 1140 g/mol. The van der Waals surface area contributed by atoms with E-state index in [4.69, 9.17) is 4.74 Å². The van der Waals surface area contributed by atoms with Gasteiger partial charge in [-0.05, 0) is 75.0 Å². The first-order valence-electron chi connectivity index (χ1n) is 28.5. The van der Waals surface area contributed by atoms with Gasteiger partial charge in [-0.2, -0.15) is 0 Å². The van der Waals surface area contributed by atoms with Crippen molar-refractivity contribution >= 4 is 65.1 Å². The predicted octanol–water partition coefficient (Wildman–Crippen LogP) is 0.486. The van der Waals surface area contributed by atoms with Crippen LogP contribution in [0.4, 0.5) is 0 Å². The van der Waals surface area contributed by atoms with Crippen LogP contribution in [0.5, 0.6) is 0 Å². The minimum Gasteiger partial charge on any atom is -0.481 e. The van der Waals surface area contributed by atoms with Crippen LogP contribution in [0.2, 0.25) is 0 Å². The second-order valence-electron chi connectivity index (χ2n) is 22.9. The molecule has 13 N–H and O–H groups in total. The van der Waals surface area contributed by atoms with Crippen LogP contribution in [0.25, 0.3) is 0 Å². The largest absolute Gasteiger partial charge is 0.481 e. The highest BCUT2D eigenvalue weighted by atomic mass is 16.5. The van der Waals surface area contributed by atoms with Crippen molar-refractivity contribution in [3.8, 4) is 0 Å². The van der Waals surface area contributed by atoms with Gasteiger partial charge >= 0.3 is 11.9 Å². The van der Waals surface area contributed by atoms with Crippen molar-refractivity contribution in [3.05, 3.63) is 0 Å². The molecular formula is C55H97N9O16. The molecule has 80 heavy (non-hydrogen) atoms. The molecule has 0 aromatic carbocycles. The Morgan fingerprint density at radius 1 is 0.562 bits per heavy atom. The van der Waals surface area contributed by atoms with Crippen LogP contribution in [0.1, 0.15) is 173 Å². The first-order chi connectivity index (χ1) is 37.5. The summed E-state index contributed by atoms with van der Waals surface area (Å²) in [6.07, 6.45) is 0.971. The summed E-state index contributed by atoms with van der Waals surface area (Å²) in [7, 11) is 0. The van der Waals surface area contributed by atoms with Gasteiger partial charge in [-0.1, -0.05) is 115 Å². The predicted molar refractivity (Wildman–Crippen MR) is 295 cm³/mol. The molecule has 0 aliphatic carbocycles. The molecule has 1 heterocycles. The van der Waals surface area contributed by atoms with E-state index in [0.717, 1.165) is 25.7 Å². The van der Waals surface area contributed by atoms with Crippen molar-refractivity contribution in [2.75, 3.05) is 13.2 Å². The zero-order valence-electron chi connectivity index (χ0n) is 49.2. The number of rotatable bonds is 28. The summed E-state index contributed by atoms with van der Waals surface area (Å²) >= 11 is 0. The first kappa shape index (κ1) is 72.1. The average Bonchev–Trinajstić information content (AvgIpc) is 3.36. The first-order valence-corrected chi connectivity index (χ1v) is 28.5. The SMILES string of the molecule is CCCCCCC[C@H](O)CC(=O)N[C@@H](CC(C)C)C(=O)N[C@H](CCC(=O)O)C(=O)NC1C(=O)NC(C(C)CC)C(=O)N[C@@H](CC(C)C)C(=O)N[C@H](CO)C(=O)N[C@@H](CC(C)C)C(=O)N[C@H](CO)C(=O)N[C@@H](CC(C)C)C(=O)OC1C. The Morgan fingerprint density at radius 3 is 1.51 bits per heavy atom. The van der Waals surface area contributed by atoms with E-state index in [1.165, 1.54) is 6.92 Å². The van der Waals surface area contributed by atoms with Gasteiger partial charge in [0.15, 0.2) is 0 Å². The normalized spacial score (nSPS) is 23.9. The smallest absolute Gasteiger partial charge is 0.328 e. The zero-order chi connectivity index (χ0) is 61.0. The molecule has 9 amide bonds. The number of aliphatic carboxylic acids is 1. The lowest BCUT2D eigenvalue weighted by molar-refractivity contribution is -0.157. The molecule has 0 spiro atoms. The molecule has 0 radical (unpaired) electrons. The third-order valence-corrected chi connectivity index (χ3v) is 13.5. The van der Waals surface area contributed by atoms with Gasteiger partial charge in [0.05, 0.1) is 25.7 Å². The third-order valence-electron chi connectivity index (χ3n) is 13.5. The molecule has 1 fully saturated rings. The van der Waals surface area contributed by atoms with E-state index in [9.17, 15) is 73.2 Å². The van der Waals surface area contributed by atoms with E-state index in [0.29, 0.717) is 12.8 Å². The van der Waals surface area contributed by atoms with Gasteiger partial charge in [0, 0.05) is 6.42 Å². The fraction of sp³-hybridized carbons (Fsp3) is 0.800. The Kier molecular flexibility index (Phi) is 33.5. The van der Waals surface area contributed by atoms with Crippen LogP contribution in [0.3, 0.4) is 0 Å². The van der Waals surface area contributed by atoms with Gasteiger partial charge in [0.1, 0.15) is 60.5 Å². The van der Waals surface area contributed by atoms with Gasteiger partial charge in [0.25, 0.3) is 0 Å². The van der Waals surface area contributed by atoms with E-state index >= 15 is 0 Å². The van der Waals surface area contributed by atoms with E-state index in [-0.39, 0.29) is 62.2 Å². The summed E-state index contributed by atoms with van der Waals surface area (Å²) in [4.78, 5) is 152. The fourth-order valence-corrected chi connectivity index (χ4v) is 8.82. The van der Waals surface area contributed by atoms with Crippen LogP contribution in [-0.2, 0) is 57.5 Å². The van der Waals surface area contributed by atoms with Gasteiger partial charge in [-0.25, -0.2) is 4.79 Å². The Morgan fingerprint density at radius 2 is 1.04 bits per heavy atom. The molecule has 25 heteroatoms. The quantitative estimate of drug-likeness (QED) is 0.0374. The molecule has 1 aliphatic rings. The van der Waals surface area contributed by atoms with Crippen LogP contribution in [0, 0.1) is 29.6 Å². The topological polar surface area (TPSA) is 386 Å². The van der Waals surface area contributed by atoms with Crippen LogP contribution in [-0.4, -0.2) is 165 Å². The Bertz CT molecular complexity index is 2040. The number of carboxylic acids is 1. The fourth-order valence-electron chi connectivity index (χ4n) is 8.82. The number of carbonyl (C=O) groups is 11. The molecule has 0 aromatic heterocycles. The summed E-state index contributed by atoms with van der Waals surface area (Å²) in [6, 6.07) is -14.1. The maximum atomic E-state index is 14.8. The summed E-state index contributed by atoms with van der Waals surface area (Å²) in [5, 5.41) is 63.7. The molecule has 0 bridgehead atoms. The molecule has 1 rings (SSSR count). The number of carbonyl (C=O) groups excluding carboxylic acids is 10. The highest BCUT2D eigenvalue weighted by molar-refractivity contribution is 5.99. The number of hydrogen-bond donors (Lipinski definition) is 13. The number of nitrogens with one attached hydrogen (secondary N) is 9. The maximum absolute atomic E-state index is 14.8. The van der Waals surface area contributed by atoms with Crippen LogP contribution in [0.15, 0.2) is 0 Å². The molecule has 458 valence electrons. The van der Waals surface area contributed by atoms with E-state index < -0.39 is 164 Å². The minimum atomic E-state index is -1.95. The molecule has 1 saturated heterocycles. The molecule has 4 unspecified atom stereocenters. The van der Waals surface area contributed by atoms with Crippen LogP contribution >= 0.6 is 0 Å². The van der Waals surface area contributed by atoms with E-state index in [1.54, 1.807) is 69.2 Å². The maximum Gasteiger partial charge on any atom is 0.328 e. The lowest BCUT2D eigenvalue weighted by atomic mass is 9.96. The monoisotopic (exact) mass is 1140 g/mol. The highest BCUT2D eigenvalue weighted by Crippen LogP contribution is 2.17. The molecular weight excluding hydrogens is 1040 g/mol. The number of aliphatic hydroxyl groups is 3. The molecule has 25 nitrogen and oxygen atoms in total. The zero-order valence-corrected chi connectivity index (χ0v) is 49.2. The number of aliphatic hydroxyl groups excluding tert-OH is 3. The summed E-state index contributed by atoms with van der Waals surface area (Å²) < 4.78 is 5.82. The van der Waals surface area contributed by atoms with Crippen molar-refractivity contribution in [3.63, 3.8) is 0 Å². The summed E-state index contributed by atoms with van der Waals surface area (Å²) in [6.45, 7) is 18.6. The second kappa shape index (κ2) is 37.1. The van der Waals surface area contributed by atoms with E-state index in [2.05, 4.69) is 54.8 Å². The number of carboxylic acid groups (broad SMARTS) is 1. The molecule has 0 saturated carbocycles. The van der Waals surface area contributed by atoms with Gasteiger partial charge in [-0.15, -0.1) is 0 Å². The van der Waals surface area contributed by atoms with Crippen molar-refractivity contribution in [1.82, 2.24) is 47.9 Å². The Labute approximate surface area is 471 Å². The van der Waals surface area contributed by atoms with Crippen molar-refractivity contribution < 1.29 is 77.9 Å². The second-order valence-corrected chi connectivity index (χ2v) is 22.9. The lowest BCUT2D eigenvalue weighted by Crippen LogP contribution is -2.63. The molecule has 12 atom stereocenters. The highest BCUT2D eigenvalue weighted by Gasteiger charge is 2.40. The molecule has 1 aliphatic heterocycles. The minimum absolute atomic E-state index is 0.00913. The number of ether oxygens (including phenoxy) is 1. The van der Waals surface area contributed by atoms with Gasteiger partial charge in [0.2, 0.25) is 53.2 Å². The number of unbranched alkanes of at least 4 members (excludes halogenated alkanes) is 4. The van der Waals surface area contributed by atoms with Crippen molar-refractivity contribution in [1.29, 1.82) is 0 Å². The third kappa shape index (κ3) is 27.0. The molecule has 0 aromatic rings. The number of cyclic esters (lactones) is 1. The standard InChI is InChI=1S/C55H97N9O16/c1-13-15-16-17-18-19-35(67)26-43(68)56-37(22-29(3)4)48(72)57-36(20-21-44(69)70)47(71)64-46-34(12)80-55(79)40(25-32(9)10)60-52(76)42(28-66)62-49(73)38(23-30(5)6)58-51(75)41(27-65)61-50(74)39(24-31(7)8)59-53(77)45(33(11)14-2)63-54(46)78/h29-42,45-46,65-67H,13-28H2,1-12H3,(H,56,68)(H,57,72)(H,58,75)(H,59,77)(H,60,76)(H,61,74)(H,62,73)(H,63,78)(H,64,71)(H,69,70)/t33?,34?,35-,36+,37-,38-,39-,40-,41+,42+,45?,46?/m0/s1. The number of esters is 1. The number of amides is 9. The van der Waals surface area contributed by atoms with Gasteiger partial charge < -0.3 is 73.0 Å². The van der Waals surface area contributed by atoms with Crippen molar-refractivity contribution in [2.24, 2.45) is 29.6 Å². The number of hydrogen-bond acceptors (Lipinski definition) is 15. The van der Waals surface area contributed by atoms with E-state index in [1.807, 2.05) is 0 Å². The van der Waals surface area contributed by atoms with Crippen molar-refractivity contribution in [2.45, 2.75) is 240 Å². The summed E-state index contributed by atoms with van der Waals surface area (Å²) in [5.41, 5.74) is 0. The Hall–Kier alpha value is -5.95. The van der Waals surface area contributed by atoms with Gasteiger partial charge in [-0.3, -0.25) is 47.9 Å².